The Kier molecular flexibility index (Phi) is 4.09. The highest BCUT2D eigenvalue weighted by molar-refractivity contribution is 5.82. The van der Waals surface area contributed by atoms with Crippen LogP contribution in [0.25, 0.3) is 0 Å². The van der Waals surface area contributed by atoms with E-state index in [9.17, 15) is 9.59 Å². The van der Waals surface area contributed by atoms with Crippen LogP contribution in [0.1, 0.15) is 40.5 Å². The van der Waals surface area contributed by atoms with E-state index in [1.807, 2.05) is 27.7 Å². The fourth-order valence-electron chi connectivity index (χ4n) is 3.31. The molecule has 2 fully saturated rings. The summed E-state index contributed by atoms with van der Waals surface area (Å²) >= 11 is 0. The SMILES string of the molecule is CCC(=O)C1CNCC12CCN(C(=O)OC(C)(C)C)C2. The molecular formula is C15H26N2O3. The largest absolute Gasteiger partial charge is 0.444 e. The first-order valence-corrected chi connectivity index (χ1v) is 7.49. The Labute approximate surface area is 121 Å². The molecule has 1 N–H and O–H groups in total. The zero-order valence-electron chi connectivity index (χ0n) is 13.0. The number of ketones is 1. The van der Waals surface area contributed by atoms with E-state index < -0.39 is 5.60 Å². The van der Waals surface area contributed by atoms with Gasteiger partial charge >= 0.3 is 6.09 Å². The lowest BCUT2D eigenvalue weighted by atomic mass is 9.74. The monoisotopic (exact) mass is 282 g/mol. The molecule has 2 atom stereocenters. The molecule has 2 aliphatic heterocycles. The maximum atomic E-state index is 12.1. The normalized spacial score (nSPS) is 30.0. The highest BCUT2D eigenvalue weighted by atomic mass is 16.6. The molecule has 1 amide bonds. The Morgan fingerprint density at radius 1 is 1.40 bits per heavy atom. The van der Waals surface area contributed by atoms with E-state index in [0.717, 1.165) is 19.5 Å². The van der Waals surface area contributed by atoms with Gasteiger partial charge in [0, 0.05) is 43.9 Å². The van der Waals surface area contributed by atoms with Gasteiger partial charge in [0.2, 0.25) is 0 Å². The van der Waals surface area contributed by atoms with E-state index in [4.69, 9.17) is 4.74 Å². The second-order valence-corrected chi connectivity index (χ2v) is 7.02. The highest BCUT2D eigenvalue weighted by Gasteiger charge is 2.51. The van der Waals surface area contributed by atoms with Gasteiger partial charge in [-0.15, -0.1) is 0 Å². The summed E-state index contributed by atoms with van der Waals surface area (Å²) in [6, 6.07) is 0. The average Bonchev–Trinajstić information content (AvgIpc) is 2.95. The number of ether oxygens (including phenoxy) is 1. The van der Waals surface area contributed by atoms with Crippen LogP contribution in [0.2, 0.25) is 0 Å². The van der Waals surface area contributed by atoms with Gasteiger partial charge in [0.15, 0.2) is 0 Å². The third kappa shape index (κ3) is 2.97. The van der Waals surface area contributed by atoms with E-state index in [-0.39, 0.29) is 17.4 Å². The molecule has 2 heterocycles. The number of Topliss-reactive ketones (excluding diaryl/α,β-unsaturated/α-hetero) is 1. The Bertz CT molecular complexity index is 402. The van der Waals surface area contributed by atoms with Crippen molar-refractivity contribution in [2.24, 2.45) is 11.3 Å². The Morgan fingerprint density at radius 3 is 2.70 bits per heavy atom. The fraction of sp³-hybridized carbons (Fsp3) is 0.867. The molecule has 20 heavy (non-hydrogen) atoms. The second-order valence-electron chi connectivity index (χ2n) is 7.02. The topological polar surface area (TPSA) is 58.6 Å². The number of nitrogens with zero attached hydrogens (tertiary/aromatic N) is 1. The molecule has 5 nitrogen and oxygen atoms in total. The number of likely N-dealkylation sites (tertiary alicyclic amines) is 1. The number of hydrogen-bond acceptors (Lipinski definition) is 4. The van der Waals surface area contributed by atoms with Gasteiger partial charge in [-0.25, -0.2) is 4.79 Å². The molecule has 2 saturated heterocycles. The standard InChI is InChI=1S/C15H26N2O3/c1-5-12(18)11-8-16-9-15(11)6-7-17(10-15)13(19)20-14(2,3)4/h11,16H,5-10H2,1-4H3. The molecule has 2 unspecified atom stereocenters. The number of rotatable bonds is 2. The van der Waals surface area contributed by atoms with Gasteiger partial charge in [0.05, 0.1) is 0 Å². The van der Waals surface area contributed by atoms with Gasteiger partial charge in [-0.3, -0.25) is 4.79 Å². The molecule has 5 heteroatoms. The minimum absolute atomic E-state index is 0.0416. The number of hydrogen-bond donors (Lipinski definition) is 1. The van der Waals surface area contributed by atoms with Crippen LogP contribution in [0.3, 0.4) is 0 Å². The molecule has 0 bridgehead atoms. The van der Waals surface area contributed by atoms with Crippen molar-refractivity contribution in [3.63, 3.8) is 0 Å². The van der Waals surface area contributed by atoms with Gasteiger partial charge in [0.1, 0.15) is 11.4 Å². The summed E-state index contributed by atoms with van der Waals surface area (Å²) in [6.45, 7) is 10.4. The van der Waals surface area contributed by atoms with E-state index in [0.29, 0.717) is 25.3 Å². The van der Waals surface area contributed by atoms with Crippen LogP contribution >= 0.6 is 0 Å². The van der Waals surface area contributed by atoms with Crippen LogP contribution in [-0.4, -0.2) is 48.6 Å². The molecule has 2 rings (SSSR count). The van der Waals surface area contributed by atoms with E-state index in [2.05, 4.69) is 5.32 Å². The lowest BCUT2D eigenvalue weighted by molar-refractivity contribution is -0.124. The Hall–Kier alpha value is -1.10. The number of amides is 1. The zero-order valence-corrected chi connectivity index (χ0v) is 13.0. The summed E-state index contributed by atoms with van der Waals surface area (Å²) < 4.78 is 5.43. The van der Waals surface area contributed by atoms with Crippen LogP contribution in [-0.2, 0) is 9.53 Å². The predicted octanol–water partition coefficient (Wildman–Crippen LogP) is 1.81. The molecule has 1 spiro atoms. The van der Waals surface area contributed by atoms with Crippen LogP contribution in [0.15, 0.2) is 0 Å². The minimum atomic E-state index is -0.473. The fourth-order valence-corrected chi connectivity index (χ4v) is 3.31. The summed E-state index contributed by atoms with van der Waals surface area (Å²) in [6.07, 6.45) is 1.19. The molecule has 0 radical (unpaired) electrons. The predicted molar refractivity (Wildman–Crippen MR) is 76.5 cm³/mol. The van der Waals surface area contributed by atoms with Crippen LogP contribution in [0.4, 0.5) is 4.79 Å². The number of nitrogens with one attached hydrogen (secondary N) is 1. The van der Waals surface area contributed by atoms with Crippen molar-refractivity contribution >= 4 is 11.9 Å². The van der Waals surface area contributed by atoms with E-state index in [1.54, 1.807) is 4.90 Å². The van der Waals surface area contributed by atoms with Gasteiger partial charge in [-0.1, -0.05) is 6.92 Å². The Morgan fingerprint density at radius 2 is 2.10 bits per heavy atom. The first kappa shape index (κ1) is 15.3. The molecule has 0 aromatic carbocycles. The summed E-state index contributed by atoms with van der Waals surface area (Å²) in [5.41, 5.74) is -0.552. The van der Waals surface area contributed by atoms with E-state index >= 15 is 0 Å². The molecule has 0 aromatic heterocycles. The van der Waals surface area contributed by atoms with Crippen LogP contribution in [0, 0.1) is 11.3 Å². The smallest absolute Gasteiger partial charge is 0.410 e. The van der Waals surface area contributed by atoms with Gasteiger partial charge in [0.25, 0.3) is 0 Å². The van der Waals surface area contributed by atoms with Crippen molar-refractivity contribution in [3.8, 4) is 0 Å². The van der Waals surface area contributed by atoms with Gasteiger partial charge < -0.3 is 15.0 Å². The molecule has 0 saturated carbocycles. The van der Waals surface area contributed by atoms with Crippen LogP contribution in [0.5, 0.6) is 0 Å². The molecule has 114 valence electrons. The molecule has 2 aliphatic rings. The molecule has 0 aromatic rings. The van der Waals surface area contributed by atoms with Crippen molar-refractivity contribution < 1.29 is 14.3 Å². The number of carbonyl (C=O) groups excluding carboxylic acids is 2. The van der Waals surface area contributed by atoms with Crippen molar-refractivity contribution in [1.29, 1.82) is 0 Å². The molecular weight excluding hydrogens is 256 g/mol. The van der Waals surface area contributed by atoms with Gasteiger partial charge in [-0.2, -0.15) is 0 Å². The summed E-state index contributed by atoms with van der Waals surface area (Å²) in [4.78, 5) is 26.0. The minimum Gasteiger partial charge on any atom is -0.444 e. The van der Waals surface area contributed by atoms with Crippen molar-refractivity contribution in [2.75, 3.05) is 26.2 Å². The first-order chi connectivity index (χ1) is 9.27. The lowest BCUT2D eigenvalue weighted by Gasteiger charge is -2.30. The maximum Gasteiger partial charge on any atom is 0.410 e. The first-order valence-electron chi connectivity index (χ1n) is 7.49. The summed E-state index contributed by atoms with van der Waals surface area (Å²) in [5, 5.41) is 3.33. The summed E-state index contributed by atoms with van der Waals surface area (Å²) in [7, 11) is 0. The average molecular weight is 282 g/mol. The maximum absolute atomic E-state index is 12.1. The number of carbonyl (C=O) groups is 2. The summed E-state index contributed by atoms with van der Waals surface area (Å²) in [5.74, 6) is 0.348. The van der Waals surface area contributed by atoms with Crippen LogP contribution < -0.4 is 5.32 Å². The second kappa shape index (κ2) is 5.35. The van der Waals surface area contributed by atoms with Crippen molar-refractivity contribution in [3.05, 3.63) is 0 Å². The molecule has 0 aliphatic carbocycles. The quantitative estimate of drug-likeness (QED) is 0.839. The van der Waals surface area contributed by atoms with Crippen molar-refractivity contribution in [2.45, 2.75) is 46.1 Å². The lowest BCUT2D eigenvalue weighted by Crippen LogP contribution is -2.41. The van der Waals surface area contributed by atoms with Crippen molar-refractivity contribution in [1.82, 2.24) is 10.2 Å². The third-order valence-electron chi connectivity index (χ3n) is 4.34. The van der Waals surface area contributed by atoms with E-state index in [1.165, 1.54) is 0 Å². The van der Waals surface area contributed by atoms with Gasteiger partial charge in [-0.05, 0) is 27.2 Å². The zero-order chi connectivity index (χ0) is 15.0. The third-order valence-corrected chi connectivity index (χ3v) is 4.34. The Balaban J connectivity index is 2.04. The highest BCUT2D eigenvalue weighted by Crippen LogP contribution is 2.41.